The lowest BCUT2D eigenvalue weighted by molar-refractivity contribution is -0.149. The van der Waals surface area contributed by atoms with Crippen molar-refractivity contribution in [3.05, 3.63) is 35.6 Å². The van der Waals surface area contributed by atoms with Crippen LogP contribution in [0.2, 0.25) is 0 Å². The van der Waals surface area contributed by atoms with Crippen molar-refractivity contribution in [3.63, 3.8) is 0 Å². The molecule has 1 aliphatic carbocycles. The lowest BCUT2D eigenvalue weighted by atomic mass is 9.75. The van der Waals surface area contributed by atoms with E-state index in [4.69, 9.17) is 4.74 Å². The van der Waals surface area contributed by atoms with E-state index in [1.54, 1.807) is 17.9 Å². The summed E-state index contributed by atoms with van der Waals surface area (Å²) in [4.78, 5) is 55.7. The van der Waals surface area contributed by atoms with Gasteiger partial charge in [-0.25, -0.2) is 4.39 Å². The number of benzene rings is 1. The van der Waals surface area contributed by atoms with Crippen LogP contribution < -0.4 is 0 Å². The van der Waals surface area contributed by atoms with E-state index in [0.717, 1.165) is 38.5 Å². The number of rotatable bonds is 7. The van der Waals surface area contributed by atoms with Crippen molar-refractivity contribution in [2.75, 3.05) is 13.2 Å². The predicted molar refractivity (Wildman–Crippen MR) is 122 cm³/mol. The van der Waals surface area contributed by atoms with Crippen LogP contribution in [0.4, 0.5) is 4.39 Å². The van der Waals surface area contributed by atoms with Gasteiger partial charge in [-0.15, -0.1) is 0 Å². The number of nitrogens with zero attached hydrogens (tertiary/aromatic N) is 2. The highest BCUT2D eigenvalue weighted by Crippen LogP contribution is 2.43. The van der Waals surface area contributed by atoms with Crippen molar-refractivity contribution < 1.29 is 28.3 Å². The maximum atomic E-state index is 14.2. The first-order chi connectivity index (χ1) is 16.4. The molecule has 2 heterocycles. The topological polar surface area (TPSA) is 84.0 Å². The van der Waals surface area contributed by atoms with Crippen molar-refractivity contribution in [1.82, 2.24) is 9.80 Å². The van der Waals surface area contributed by atoms with E-state index in [-0.39, 0.29) is 55.7 Å². The van der Waals surface area contributed by atoms with E-state index in [1.165, 1.54) is 23.1 Å². The van der Waals surface area contributed by atoms with Crippen LogP contribution in [0.5, 0.6) is 0 Å². The summed E-state index contributed by atoms with van der Waals surface area (Å²) in [5.41, 5.74) is -1.07. The van der Waals surface area contributed by atoms with Gasteiger partial charge in [0.1, 0.15) is 5.82 Å². The summed E-state index contributed by atoms with van der Waals surface area (Å²) in [6.07, 6.45) is 5.56. The second kappa shape index (κ2) is 10.2. The summed E-state index contributed by atoms with van der Waals surface area (Å²) >= 11 is 0. The average Bonchev–Trinajstić information content (AvgIpc) is 3.41. The van der Waals surface area contributed by atoms with Crippen molar-refractivity contribution in [2.45, 2.75) is 88.6 Å². The maximum absolute atomic E-state index is 14.2. The lowest BCUT2D eigenvalue weighted by Crippen LogP contribution is -2.49. The quantitative estimate of drug-likeness (QED) is 0.448. The van der Waals surface area contributed by atoms with E-state index < -0.39 is 17.1 Å². The molecule has 1 aromatic carbocycles. The smallest absolute Gasteiger partial charge is 0.307 e. The summed E-state index contributed by atoms with van der Waals surface area (Å²) in [5, 5.41) is 0. The molecule has 8 heteroatoms. The van der Waals surface area contributed by atoms with Gasteiger partial charge in [-0.2, -0.15) is 0 Å². The van der Waals surface area contributed by atoms with E-state index in [1.807, 2.05) is 0 Å². The Labute approximate surface area is 199 Å². The second-order valence-corrected chi connectivity index (χ2v) is 9.70. The Morgan fingerprint density at radius 1 is 1.12 bits per heavy atom. The normalized spacial score (nSPS) is 25.8. The number of imide groups is 1. The summed E-state index contributed by atoms with van der Waals surface area (Å²) in [5.74, 6) is -1.85. The van der Waals surface area contributed by atoms with E-state index in [0.29, 0.717) is 18.5 Å². The van der Waals surface area contributed by atoms with Gasteiger partial charge in [0.2, 0.25) is 17.7 Å². The Kier molecular flexibility index (Phi) is 7.33. The molecule has 0 unspecified atom stereocenters. The van der Waals surface area contributed by atoms with Gasteiger partial charge in [0.25, 0.3) is 0 Å². The molecule has 1 saturated carbocycles. The number of carbonyl (C=O) groups is 4. The van der Waals surface area contributed by atoms with Gasteiger partial charge in [-0.05, 0) is 56.7 Å². The number of piperidine rings is 1. The van der Waals surface area contributed by atoms with Crippen molar-refractivity contribution >= 4 is 23.7 Å². The fourth-order valence-electron chi connectivity index (χ4n) is 5.86. The Balaban J connectivity index is 1.64. The lowest BCUT2D eigenvalue weighted by Gasteiger charge is -2.38. The minimum atomic E-state index is -1.43. The van der Waals surface area contributed by atoms with Gasteiger partial charge < -0.3 is 9.64 Å². The molecule has 7 nitrogen and oxygen atoms in total. The van der Waals surface area contributed by atoms with Gasteiger partial charge in [0.15, 0.2) is 0 Å². The monoisotopic (exact) mass is 472 g/mol. The van der Waals surface area contributed by atoms with Crippen LogP contribution >= 0.6 is 0 Å². The van der Waals surface area contributed by atoms with Crippen LogP contribution in [-0.4, -0.2) is 58.7 Å². The number of ether oxygens (including phenoxy) is 1. The van der Waals surface area contributed by atoms with E-state index in [9.17, 15) is 23.6 Å². The Morgan fingerprint density at radius 3 is 2.56 bits per heavy atom. The van der Waals surface area contributed by atoms with Gasteiger partial charge >= 0.3 is 5.97 Å². The van der Waals surface area contributed by atoms with Gasteiger partial charge in [-0.1, -0.05) is 25.0 Å². The fourth-order valence-corrected chi connectivity index (χ4v) is 5.86. The first kappa shape index (κ1) is 24.4. The Bertz CT molecular complexity index is 960. The Hall–Kier alpha value is -2.77. The predicted octanol–water partition coefficient (Wildman–Crippen LogP) is 3.49. The molecule has 34 heavy (non-hydrogen) atoms. The number of hydrogen-bond donors (Lipinski definition) is 0. The number of halogens is 1. The molecule has 3 amide bonds. The number of esters is 1. The third-order valence-electron chi connectivity index (χ3n) is 7.53. The largest absolute Gasteiger partial charge is 0.466 e. The maximum Gasteiger partial charge on any atom is 0.307 e. The van der Waals surface area contributed by atoms with Gasteiger partial charge in [0.05, 0.1) is 18.4 Å². The molecule has 2 saturated heterocycles. The third kappa shape index (κ3) is 4.72. The Morgan fingerprint density at radius 2 is 1.85 bits per heavy atom. The van der Waals surface area contributed by atoms with Crippen LogP contribution in [0.25, 0.3) is 0 Å². The van der Waals surface area contributed by atoms with E-state index in [2.05, 4.69) is 0 Å². The highest BCUT2D eigenvalue weighted by molar-refractivity contribution is 6.11. The molecule has 3 fully saturated rings. The summed E-state index contributed by atoms with van der Waals surface area (Å²) in [6, 6.07) is 5.24. The molecular formula is C26H33FN2O5. The zero-order chi connectivity index (χ0) is 24.3. The zero-order valence-corrected chi connectivity index (χ0v) is 19.8. The molecule has 0 spiro atoms. The van der Waals surface area contributed by atoms with Crippen LogP contribution in [0.15, 0.2) is 24.3 Å². The molecule has 2 atom stereocenters. The summed E-state index contributed by atoms with van der Waals surface area (Å²) in [7, 11) is 0. The molecule has 2 aliphatic heterocycles. The van der Waals surface area contributed by atoms with Gasteiger partial charge in [-0.3, -0.25) is 24.1 Å². The fraction of sp³-hybridized carbons (Fsp3) is 0.615. The molecule has 3 aliphatic rings. The number of carbonyl (C=O) groups excluding carboxylic acids is 4. The minimum absolute atomic E-state index is 0.105. The number of likely N-dealkylation sites (tertiary alicyclic amines) is 2. The standard InChI is InChI=1S/C26H33FN2O5/c1-2-34-24(32)15-21-12-5-6-13-28(21)22(30)16-26(18-8-7-9-19(27)14-18)17-23(31)29(25(26)33)20-10-3-4-11-20/h7-9,14,20-21H,2-6,10-13,15-17H2,1H3/t21-,26-/m0/s1. The van der Waals surface area contributed by atoms with Crippen molar-refractivity contribution in [1.29, 1.82) is 0 Å². The highest BCUT2D eigenvalue weighted by Gasteiger charge is 2.56. The molecular weight excluding hydrogens is 439 g/mol. The average molecular weight is 473 g/mol. The minimum Gasteiger partial charge on any atom is -0.466 e. The number of hydrogen-bond acceptors (Lipinski definition) is 5. The SMILES string of the molecule is CCOC(=O)C[C@@H]1CCCCN1C(=O)C[C@@]1(c2cccc(F)c2)CC(=O)N(C2CCCC2)C1=O. The molecule has 0 bridgehead atoms. The van der Waals surface area contributed by atoms with Crippen molar-refractivity contribution in [3.8, 4) is 0 Å². The summed E-state index contributed by atoms with van der Waals surface area (Å²) < 4.78 is 19.3. The molecule has 1 aromatic rings. The highest BCUT2D eigenvalue weighted by atomic mass is 19.1. The van der Waals surface area contributed by atoms with E-state index >= 15 is 0 Å². The molecule has 184 valence electrons. The van der Waals surface area contributed by atoms with Gasteiger partial charge in [0, 0.05) is 31.5 Å². The zero-order valence-electron chi connectivity index (χ0n) is 19.8. The number of amides is 3. The van der Waals surface area contributed by atoms with Crippen LogP contribution in [0.1, 0.15) is 76.7 Å². The van der Waals surface area contributed by atoms with Crippen LogP contribution in [-0.2, 0) is 29.3 Å². The first-order valence-electron chi connectivity index (χ1n) is 12.4. The first-order valence-corrected chi connectivity index (χ1v) is 12.4. The third-order valence-corrected chi connectivity index (χ3v) is 7.53. The van der Waals surface area contributed by atoms with Crippen LogP contribution in [0.3, 0.4) is 0 Å². The molecule has 0 aromatic heterocycles. The second-order valence-electron chi connectivity index (χ2n) is 9.70. The molecule has 0 radical (unpaired) electrons. The molecule has 4 rings (SSSR count). The summed E-state index contributed by atoms with van der Waals surface area (Å²) in [6.45, 7) is 2.50. The van der Waals surface area contributed by atoms with Crippen LogP contribution in [0, 0.1) is 5.82 Å². The van der Waals surface area contributed by atoms with Crippen molar-refractivity contribution in [2.24, 2.45) is 0 Å². The molecule has 0 N–H and O–H groups in total.